The second kappa shape index (κ2) is 4.30. The van der Waals surface area contributed by atoms with Gasteiger partial charge in [-0.05, 0) is 12.8 Å². The zero-order chi connectivity index (χ0) is 9.14. The summed E-state index contributed by atoms with van der Waals surface area (Å²) in [6.07, 6.45) is 1.68. The van der Waals surface area contributed by atoms with Crippen LogP contribution in [-0.2, 0) is 4.79 Å². The van der Waals surface area contributed by atoms with Gasteiger partial charge in [0.1, 0.15) is 0 Å². The maximum absolute atomic E-state index is 11.2. The fourth-order valence-electron chi connectivity index (χ4n) is 1.26. The van der Waals surface area contributed by atoms with E-state index in [0.29, 0.717) is 13.1 Å². The van der Waals surface area contributed by atoms with Crippen LogP contribution in [0.25, 0.3) is 0 Å². The van der Waals surface area contributed by atoms with Gasteiger partial charge in [-0.1, -0.05) is 23.2 Å². The van der Waals surface area contributed by atoms with Crippen LogP contribution in [0.1, 0.15) is 12.8 Å². The number of likely N-dealkylation sites (tertiary alicyclic amines) is 1. The Hall–Kier alpha value is 0.01000. The summed E-state index contributed by atoms with van der Waals surface area (Å²) in [5, 5.41) is 0. The molecule has 1 rings (SSSR count). The number of piperidine rings is 1. The number of carbonyl (C=O) groups is 1. The highest BCUT2D eigenvalue weighted by atomic mass is 35.5. The summed E-state index contributed by atoms with van der Waals surface area (Å²) in [6, 6.07) is 0.221. The van der Waals surface area contributed by atoms with Crippen molar-refractivity contribution in [1.82, 2.24) is 4.90 Å². The first-order chi connectivity index (χ1) is 5.61. The highest BCUT2D eigenvalue weighted by Gasteiger charge is 2.24. The Balaban J connectivity index is 2.39. The van der Waals surface area contributed by atoms with Crippen LogP contribution in [0, 0.1) is 0 Å². The normalized spacial score (nSPS) is 20.2. The van der Waals surface area contributed by atoms with Gasteiger partial charge in [-0.15, -0.1) is 0 Å². The van der Waals surface area contributed by atoms with Gasteiger partial charge in [0, 0.05) is 19.1 Å². The average molecular weight is 211 g/mol. The van der Waals surface area contributed by atoms with Crippen LogP contribution in [-0.4, -0.2) is 34.8 Å². The van der Waals surface area contributed by atoms with E-state index >= 15 is 0 Å². The fraction of sp³-hybridized carbons (Fsp3) is 0.857. The third-order valence-electron chi connectivity index (χ3n) is 2.04. The summed E-state index contributed by atoms with van der Waals surface area (Å²) in [6.45, 7) is 1.35. The van der Waals surface area contributed by atoms with Crippen LogP contribution in [0.2, 0.25) is 0 Å². The Morgan fingerprint density at radius 3 is 2.33 bits per heavy atom. The molecule has 0 aliphatic carbocycles. The van der Waals surface area contributed by atoms with E-state index in [1.54, 1.807) is 4.90 Å². The van der Waals surface area contributed by atoms with Crippen molar-refractivity contribution in [3.05, 3.63) is 0 Å². The van der Waals surface area contributed by atoms with Gasteiger partial charge in [0.15, 0.2) is 4.84 Å². The number of alkyl halides is 2. The Morgan fingerprint density at radius 1 is 1.42 bits per heavy atom. The van der Waals surface area contributed by atoms with Crippen molar-refractivity contribution in [1.29, 1.82) is 0 Å². The Bertz CT molecular complexity index is 167. The molecule has 70 valence electrons. The molecule has 0 bridgehead atoms. The smallest absolute Gasteiger partial charge is 0.255 e. The summed E-state index contributed by atoms with van der Waals surface area (Å²) < 4.78 is 0. The van der Waals surface area contributed by atoms with Crippen LogP contribution < -0.4 is 5.73 Å². The Kier molecular flexibility index (Phi) is 3.62. The lowest BCUT2D eigenvalue weighted by Crippen LogP contribution is -2.44. The van der Waals surface area contributed by atoms with Gasteiger partial charge < -0.3 is 10.6 Å². The van der Waals surface area contributed by atoms with E-state index in [2.05, 4.69) is 0 Å². The molecule has 3 nitrogen and oxygen atoms in total. The molecule has 1 aliphatic rings. The molecule has 0 spiro atoms. The van der Waals surface area contributed by atoms with Gasteiger partial charge in [0.05, 0.1) is 0 Å². The number of carbonyl (C=O) groups excluding carboxylic acids is 1. The molecule has 1 saturated heterocycles. The monoisotopic (exact) mass is 210 g/mol. The number of hydrogen-bond donors (Lipinski definition) is 1. The molecule has 1 heterocycles. The van der Waals surface area contributed by atoms with Crippen molar-refractivity contribution in [2.45, 2.75) is 23.7 Å². The Labute approximate surface area is 81.8 Å². The lowest BCUT2D eigenvalue weighted by atomic mass is 10.1. The van der Waals surface area contributed by atoms with Gasteiger partial charge in [-0.25, -0.2) is 0 Å². The standard InChI is InChI=1S/C7H12Cl2N2O/c8-6(9)7(12)11-3-1-5(10)2-4-11/h5-6H,1-4,10H2. The molecule has 2 N–H and O–H groups in total. The molecule has 0 radical (unpaired) electrons. The second-order valence-electron chi connectivity index (χ2n) is 2.96. The van der Waals surface area contributed by atoms with Gasteiger partial charge in [0.25, 0.3) is 5.91 Å². The van der Waals surface area contributed by atoms with Gasteiger partial charge >= 0.3 is 0 Å². The molecular formula is C7H12Cl2N2O. The molecule has 0 aromatic carbocycles. The van der Waals surface area contributed by atoms with Crippen molar-refractivity contribution < 1.29 is 4.79 Å². The fourth-order valence-corrected chi connectivity index (χ4v) is 1.53. The predicted molar refractivity (Wildman–Crippen MR) is 49.3 cm³/mol. The third kappa shape index (κ3) is 2.51. The lowest BCUT2D eigenvalue weighted by Gasteiger charge is -2.30. The van der Waals surface area contributed by atoms with Gasteiger partial charge in [0.2, 0.25) is 0 Å². The van der Waals surface area contributed by atoms with E-state index < -0.39 is 4.84 Å². The van der Waals surface area contributed by atoms with E-state index in [9.17, 15) is 4.79 Å². The van der Waals surface area contributed by atoms with E-state index in [1.165, 1.54) is 0 Å². The predicted octanol–water partition coefficient (Wildman–Crippen LogP) is 0.740. The minimum absolute atomic E-state index is 0.203. The first kappa shape index (κ1) is 10.1. The number of hydrogen-bond acceptors (Lipinski definition) is 2. The van der Waals surface area contributed by atoms with Gasteiger partial charge in [-0.2, -0.15) is 0 Å². The SMILES string of the molecule is NC1CCN(C(=O)C(Cl)Cl)CC1. The van der Waals surface area contributed by atoms with Crippen LogP contribution in [0.15, 0.2) is 0 Å². The molecule has 1 amide bonds. The number of rotatable bonds is 1. The molecule has 0 unspecified atom stereocenters. The van der Waals surface area contributed by atoms with E-state index in [0.717, 1.165) is 12.8 Å². The lowest BCUT2D eigenvalue weighted by molar-refractivity contribution is -0.130. The molecule has 0 aromatic heterocycles. The maximum Gasteiger partial charge on any atom is 0.255 e. The maximum atomic E-state index is 11.2. The minimum atomic E-state index is -0.931. The van der Waals surface area contributed by atoms with Crippen molar-refractivity contribution >= 4 is 29.1 Å². The molecule has 1 aliphatic heterocycles. The van der Waals surface area contributed by atoms with Crippen LogP contribution >= 0.6 is 23.2 Å². The zero-order valence-corrected chi connectivity index (χ0v) is 8.18. The summed E-state index contributed by atoms with van der Waals surface area (Å²) in [5.41, 5.74) is 5.67. The number of amides is 1. The molecular weight excluding hydrogens is 199 g/mol. The van der Waals surface area contributed by atoms with Crippen LogP contribution in [0.4, 0.5) is 0 Å². The molecule has 0 aromatic rings. The largest absolute Gasteiger partial charge is 0.340 e. The van der Waals surface area contributed by atoms with E-state index in [1.807, 2.05) is 0 Å². The van der Waals surface area contributed by atoms with Crippen molar-refractivity contribution in [3.63, 3.8) is 0 Å². The summed E-state index contributed by atoms with van der Waals surface area (Å²) >= 11 is 10.9. The zero-order valence-electron chi connectivity index (χ0n) is 6.67. The van der Waals surface area contributed by atoms with Crippen molar-refractivity contribution in [2.75, 3.05) is 13.1 Å². The number of nitrogens with zero attached hydrogens (tertiary/aromatic N) is 1. The average Bonchev–Trinajstić information content (AvgIpc) is 2.04. The number of nitrogens with two attached hydrogens (primary N) is 1. The third-order valence-corrected chi connectivity index (χ3v) is 2.41. The Morgan fingerprint density at radius 2 is 1.92 bits per heavy atom. The van der Waals surface area contributed by atoms with Crippen molar-refractivity contribution in [3.8, 4) is 0 Å². The highest BCUT2D eigenvalue weighted by Crippen LogP contribution is 2.13. The molecule has 0 saturated carbocycles. The molecule has 5 heteroatoms. The highest BCUT2D eigenvalue weighted by molar-refractivity contribution is 6.53. The van der Waals surface area contributed by atoms with Gasteiger partial charge in [-0.3, -0.25) is 4.79 Å². The summed E-state index contributed by atoms with van der Waals surface area (Å²) in [4.78, 5) is 12.0. The number of halogens is 2. The van der Waals surface area contributed by atoms with Crippen molar-refractivity contribution in [2.24, 2.45) is 5.73 Å². The first-order valence-electron chi connectivity index (χ1n) is 3.94. The van der Waals surface area contributed by atoms with E-state index in [4.69, 9.17) is 28.9 Å². The quantitative estimate of drug-likeness (QED) is 0.650. The first-order valence-corrected chi connectivity index (χ1v) is 4.81. The van der Waals surface area contributed by atoms with E-state index in [-0.39, 0.29) is 11.9 Å². The molecule has 12 heavy (non-hydrogen) atoms. The topological polar surface area (TPSA) is 46.3 Å². The summed E-state index contributed by atoms with van der Waals surface area (Å²) in [7, 11) is 0. The second-order valence-corrected chi connectivity index (χ2v) is 4.06. The molecule has 1 fully saturated rings. The molecule has 0 atom stereocenters. The summed E-state index contributed by atoms with van der Waals surface area (Å²) in [5.74, 6) is -0.203. The van der Waals surface area contributed by atoms with Crippen LogP contribution in [0.5, 0.6) is 0 Å². The van der Waals surface area contributed by atoms with Crippen LogP contribution in [0.3, 0.4) is 0 Å². The minimum Gasteiger partial charge on any atom is -0.340 e.